The monoisotopic (exact) mass is 301 g/mol. The number of rotatable bonds is 4. The Kier molecular flexibility index (Phi) is 4.31. The number of aromatic nitrogens is 2. The van der Waals surface area contributed by atoms with E-state index in [9.17, 15) is 14.7 Å². The summed E-state index contributed by atoms with van der Waals surface area (Å²) in [5.41, 5.74) is 0.414. The molecule has 2 N–H and O–H groups in total. The molecule has 2 atom stereocenters. The van der Waals surface area contributed by atoms with Gasteiger partial charge in [-0.3, -0.25) is 14.2 Å². The molecule has 22 heavy (non-hydrogen) atoms. The largest absolute Gasteiger partial charge is 0.391 e. The second kappa shape index (κ2) is 6.37. The van der Waals surface area contributed by atoms with Crippen molar-refractivity contribution < 1.29 is 9.90 Å². The number of ketones is 1. The Bertz CT molecular complexity index is 741. The molecule has 0 radical (unpaired) electrons. The van der Waals surface area contributed by atoms with E-state index in [1.165, 1.54) is 10.9 Å². The smallest absolute Gasteiger partial charge is 0.261 e. The molecular formula is C16H19N3O3. The van der Waals surface area contributed by atoms with Gasteiger partial charge in [0.1, 0.15) is 0 Å². The summed E-state index contributed by atoms with van der Waals surface area (Å²) in [5.74, 6) is -0.0855. The highest BCUT2D eigenvalue weighted by atomic mass is 16.3. The number of benzene rings is 1. The zero-order chi connectivity index (χ0) is 15.5. The number of fused-ring (bicyclic) bond motifs is 1. The number of carbonyl (C=O) groups is 1. The minimum absolute atomic E-state index is 0.0123. The van der Waals surface area contributed by atoms with Crippen molar-refractivity contribution in [2.45, 2.75) is 38.0 Å². The zero-order valence-electron chi connectivity index (χ0n) is 12.2. The van der Waals surface area contributed by atoms with Crippen LogP contribution in [0, 0.1) is 0 Å². The van der Waals surface area contributed by atoms with Gasteiger partial charge in [0, 0.05) is 12.5 Å². The lowest BCUT2D eigenvalue weighted by Gasteiger charge is -2.28. The summed E-state index contributed by atoms with van der Waals surface area (Å²) < 4.78 is 1.33. The molecule has 6 heteroatoms. The van der Waals surface area contributed by atoms with Crippen molar-refractivity contribution in [3.8, 4) is 0 Å². The Morgan fingerprint density at radius 2 is 2.23 bits per heavy atom. The predicted molar refractivity (Wildman–Crippen MR) is 82.7 cm³/mol. The minimum Gasteiger partial charge on any atom is -0.391 e. The molecule has 0 spiro atoms. The molecule has 1 unspecified atom stereocenters. The van der Waals surface area contributed by atoms with Gasteiger partial charge < -0.3 is 10.4 Å². The number of para-hydroxylation sites is 1. The number of aliphatic hydroxyl groups is 1. The number of Topliss-reactive ketones (excluding diaryl/α,β-unsaturated/α-hetero) is 1. The highest BCUT2D eigenvalue weighted by molar-refractivity contribution is 5.80. The first kappa shape index (κ1) is 14.9. The summed E-state index contributed by atoms with van der Waals surface area (Å²) in [6.45, 7) is 0.800. The SMILES string of the molecule is O=C(C[C@@H]1NCCCC1O)Cn1cnc2ccccc2c1=O. The molecule has 2 heterocycles. The average Bonchev–Trinajstić information content (AvgIpc) is 2.53. The highest BCUT2D eigenvalue weighted by Gasteiger charge is 2.24. The fraction of sp³-hybridized carbons (Fsp3) is 0.438. The molecular weight excluding hydrogens is 282 g/mol. The van der Waals surface area contributed by atoms with Crippen LogP contribution in [0.5, 0.6) is 0 Å². The van der Waals surface area contributed by atoms with Gasteiger partial charge in [-0.1, -0.05) is 12.1 Å². The summed E-state index contributed by atoms with van der Waals surface area (Å²) >= 11 is 0. The van der Waals surface area contributed by atoms with E-state index in [2.05, 4.69) is 10.3 Å². The van der Waals surface area contributed by atoms with Gasteiger partial charge in [-0.2, -0.15) is 0 Å². The van der Waals surface area contributed by atoms with Crippen molar-refractivity contribution in [1.29, 1.82) is 0 Å². The van der Waals surface area contributed by atoms with E-state index in [1.807, 2.05) is 6.07 Å². The molecule has 0 saturated carbocycles. The van der Waals surface area contributed by atoms with E-state index >= 15 is 0 Å². The van der Waals surface area contributed by atoms with Crippen LogP contribution in [0.4, 0.5) is 0 Å². The van der Waals surface area contributed by atoms with Crippen molar-refractivity contribution in [2.75, 3.05) is 6.54 Å². The van der Waals surface area contributed by atoms with Crippen LogP contribution in [0.1, 0.15) is 19.3 Å². The molecule has 1 saturated heterocycles. The average molecular weight is 301 g/mol. The van der Waals surface area contributed by atoms with E-state index in [0.717, 1.165) is 13.0 Å². The van der Waals surface area contributed by atoms with Gasteiger partial charge >= 0.3 is 0 Å². The van der Waals surface area contributed by atoms with Crippen molar-refractivity contribution in [1.82, 2.24) is 14.9 Å². The van der Waals surface area contributed by atoms with Gasteiger partial charge in [-0.15, -0.1) is 0 Å². The molecule has 116 valence electrons. The molecule has 0 aliphatic carbocycles. The summed E-state index contributed by atoms with van der Waals surface area (Å²) in [6, 6.07) is 6.86. The molecule has 3 rings (SSSR count). The zero-order valence-corrected chi connectivity index (χ0v) is 12.2. The lowest BCUT2D eigenvalue weighted by Crippen LogP contribution is -2.46. The third-order valence-electron chi connectivity index (χ3n) is 4.07. The Morgan fingerprint density at radius 1 is 1.41 bits per heavy atom. The predicted octanol–water partition coefficient (Wildman–Crippen LogP) is 0.469. The Balaban J connectivity index is 1.74. The lowest BCUT2D eigenvalue weighted by atomic mass is 9.97. The molecule has 1 aromatic heterocycles. The molecule has 1 aliphatic heterocycles. The minimum atomic E-state index is -0.496. The standard InChI is InChI=1S/C16H19N3O3/c20-11(8-14-15(21)6-3-7-17-14)9-19-10-18-13-5-2-1-4-12(13)16(19)22/h1-2,4-5,10,14-15,17,21H,3,6-9H2/t14-,15?/m0/s1. The molecule has 1 aliphatic rings. The fourth-order valence-corrected chi connectivity index (χ4v) is 2.86. The number of nitrogens with one attached hydrogen (secondary N) is 1. The first-order chi connectivity index (χ1) is 10.6. The fourth-order valence-electron chi connectivity index (χ4n) is 2.86. The van der Waals surface area contributed by atoms with E-state index in [1.54, 1.807) is 18.2 Å². The van der Waals surface area contributed by atoms with Gasteiger partial charge in [0.15, 0.2) is 5.78 Å². The number of nitrogens with zero attached hydrogens (tertiary/aromatic N) is 2. The molecule has 2 aromatic rings. The lowest BCUT2D eigenvalue weighted by molar-refractivity contribution is -0.121. The third-order valence-corrected chi connectivity index (χ3v) is 4.07. The maximum absolute atomic E-state index is 12.3. The van der Waals surface area contributed by atoms with Crippen LogP contribution < -0.4 is 10.9 Å². The topological polar surface area (TPSA) is 84.2 Å². The first-order valence-electron chi connectivity index (χ1n) is 7.52. The maximum atomic E-state index is 12.3. The van der Waals surface area contributed by atoms with Gasteiger partial charge in [0.2, 0.25) is 0 Å². The van der Waals surface area contributed by atoms with Crippen LogP contribution in [0.25, 0.3) is 10.9 Å². The second-order valence-electron chi connectivity index (χ2n) is 5.71. The first-order valence-corrected chi connectivity index (χ1v) is 7.52. The maximum Gasteiger partial charge on any atom is 0.261 e. The highest BCUT2D eigenvalue weighted by Crippen LogP contribution is 2.12. The summed E-state index contributed by atoms with van der Waals surface area (Å²) in [7, 11) is 0. The molecule has 6 nitrogen and oxygen atoms in total. The Labute approximate surface area is 127 Å². The van der Waals surface area contributed by atoms with Crippen molar-refractivity contribution in [2.24, 2.45) is 0 Å². The molecule has 0 bridgehead atoms. The van der Waals surface area contributed by atoms with Crippen LogP contribution in [0.3, 0.4) is 0 Å². The normalized spacial score (nSPS) is 21.9. The van der Waals surface area contributed by atoms with Crippen molar-refractivity contribution >= 4 is 16.7 Å². The van der Waals surface area contributed by atoms with Crippen LogP contribution in [-0.2, 0) is 11.3 Å². The quantitative estimate of drug-likeness (QED) is 0.857. The Morgan fingerprint density at radius 3 is 3.05 bits per heavy atom. The third kappa shape index (κ3) is 3.08. The molecule has 1 aromatic carbocycles. The van der Waals surface area contributed by atoms with Crippen molar-refractivity contribution in [3.63, 3.8) is 0 Å². The number of piperidine rings is 1. The Hall–Kier alpha value is -2.05. The van der Waals surface area contributed by atoms with Gasteiger partial charge in [-0.25, -0.2) is 4.98 Å². The van der Waals surface area contributed by atoms with Crippen LogP contribution in [0.2, 0.25) is 0 Å². The van der Waals surface area contributed by atoms with Crippen LogP contribution in [0.15, 0.2) is 35.4 Å². The molecule has 0 amide bonds. The van der Waals surface area contributed by atoms with Gasteiger partial charge in [-0.05, 0) is 31.5 Å². The number of hydrogen-bond donors (Lipinski definition) is 2. The van der Waals surface area contributed by atoms with Gasteiger partial charge in [0.05, 0.1) is 29.9 Å². The van der Waals surface area contributed by atoms with Crippen molar-refractivity contribution in [3.05, 3.63) is 40.9 Å². The van der Waals surface area contributed by atoms with E-state index in [4.69, 9.17) is 0 Å². The summed E-state index contributed by atoms with van der Waals surface area (Å²) in [4.78, 5) is 28.7. The molecule has 1 fully saturated rings. The second-order valence-corrected chi connectivity index (χ2v) is 5.71. The van der Waals surface area contributed by atoms with Crippen LogP contribution in [-0.4, -0.2) is 39.1 Å². The number of carbonyl (C=O) groups excluding carboxylic acids is 1. The number of hydrogen-bond acceptors (Lipinski definition) is 5. The summed E-state index contributed by atoms with van der Waals surface area (Å²) in [5, 5.41) is 13.5. The van der Waals surface area contributed by atoms with E-state index in [0.29, 0.717) is 17.3 Å². The van der Waals surface area contributed by atoms with E-state index < -0.39 is 6.10 Å². The van der Waals surface area contributed by atoms with Gasteiger partial charge in [0.25, 0.3) is 5.56 Å². The summed E-state index contributed by atoms with van der Waals surface area (Å²) in [6.07, 6.45) is 2.76. The number of aliphatic hydroxyl groups excluding tert-OH is 1. The van der Waals surface area contributed by atoms with E-state index in [-0.39, 0.29) is 30.3 Å². The van der Waals surface area contributed by atoms with Crippen LogP contribution >= 0.6 is 0 Å².